The minimum Gasteiger partial charge on any atom is -0.481 e. The predicted octanol–water partition coefficient (Wildman–Crippen LogP) is 2.14. The van der Waals surface area contributed by atoms with Crippen LogP contribution in [-0.2, 0) is 9.59 Å². The molecular weight excluding hydrogens is 218 g/mol. The van der Waals surface area contributed by atoms with Gasteiger partial charge in [0.25, 0.3) is 0 Å². The standard InChI is InChI=1S/C13H23NO3/c1-3-5-6-8-14-9-11(13(16)17)10(7-4-2)12(14)15/h10-11H,3-9H2,1-2H3,(H,16,17). The van der Waals surface area contributed by atoms with Crippen LogP contribution in [0.5, 0.6) is 0 Å². The lowest BCUT2D eigenvalue weighted by Crippen LogP contribution is -2.28. The fourth-order valence-electron chi connectivity index (χ4n) is 2.50. The molecule has 1 amide bonds. The molecule has 1 aliphatic heterocycles. The van der Waals surface area contributed by atoms with Gasteiger partial charge >= 0.3 is 5.97 Å². The summed E-state index contributed by atoms with van der Waals surface area (Å²) < 4.78 is 0. The van der Waals surface area contributed by atoms with Gasteiger partial charge in [-0.3, -0.25) is 9.59 Å². The molecule has 2 atom stereocenters. The normalized spacial score (nSPS) is 24.4. The Bertz CT molecular complexity index is 278. The van der Waals surface area contributed by atoms with Crippen LogP contribution in [0.4, 0.5) is 0 Å². The third-order valence-corrected chi connectivity index (χ3v) is 3.48. The molecule has 1 aliphatic rings. The van der Waals surface area contributed by atoms with E-state index >= 15 is 0 Å². The van der Waals surface area contributed by atoms with Gasteiger partial charge in [0, 0.05) is 13.1 Å². The largest absolute Gasteiger partial charge is 0.481 e. The third-order valence-electron chi connectivity index (χ3n) is 3.48. The zero-order valence-electron chi connectivity index (χ0n) is 10.8. The first-order chi connectivity index (χ1) is 8.11. The molecule has 4 nitrogen and oxygen atoms in total. The monoisotopic (exact) mass is 241 g/mol. The molecule has 0 spiro atoms. The lowest BCUT2D eigenvalue weighted by Gasteiger charge is -2.15. The molecule has 1 fully saturated rings. The summed E-state index contributed by atoms with van der Waals surface area (Å²) in [5, 5.41) is 9.14. The Hall–Kier alpha value is -1.06. The van der Waals surface area contributed by atoms with Crippen LogP contribution >= 0.6 is 0 Å². The number of hydrogen-bond acceptors (Lipinski definition) is 2. The van der Waals surface area contributed by atoms with E-state index in [-0.39, 0.29) is 11.8 Å². The highest BCUT2D eigenvalue weighted by Gasteiger charge is 2.43. The van der Waals surface area contributed by atoms with Crippen LogP contribution < -0.4 is 0 Å². The molecule has 0 radical (unpaired) electrons. The third kappa shape index (κ3) is 3.45. The van der Waals surface area contributed by atoms with Gasteiger partial charge in [-0.25, -0.2) is 0 Å². The van der Waals surface area contributed by atoms with Crippen molar-refractivity contribution in [3.05, 3.63) is 0 Å². The summed E-state index contributed by atoms with van der Waals surface area (Å²) in [4.78, 5) is 24.9. The highest BCUT2D eigenvalue weighted by molar-refractivity contribution is 5.88. The van der Waals surface area contributed by atoms with Crippen molar-refractivity contribution in [1.29, 1.82) is 0 Å². The molecule has 2 unspecified atom stereocenters. The molecule has 0 bridgehead atoms. The molecule has 0 aromatic rings. The van der Waals surface area contributed by atoms with Gasteiger partial charge in [0.1, 0.15) is 0 Å². The van der Waals surface area contributed by atoms with E-state index in [1.165, 1.54) is 0 Å². The summed E-state index contributed by atoms with van der Waals surface area (Å²) in [7, 11) is 0. The smallest absolute Gasteiger partial charge is 0.309 e. The Labute approximate surface area is 103 Å². The second-order valence-corrected chi connectivity index (χ2v) is 4.83. The molecule has 17 heavy (non-hydrogen) atoms. The first kappa shape index (κ1) is 14.0. The molecular formula is C13H23NO3. The number of hydrogen-bond donors (Lipinski definition) is 1. The number of carbonyl (C=O) groups is 2. The summed E-state index contributed by atoms with van der Waals surface area (Å²) >= 11 is 0. The van der Waals surface area contributed by atoms with Gasteiger partial charge in [-0.1, -0.05) is 33.1 Å². The summed E-state index contributed by atoms with van der Waals surface area (Å²) in [6.45, 7) is 5.23. The van der Waals surface area contributed by atoms with E-state index in [0.717, 1.165) is 32.2 Å². The SMILES string of the molecule is CCCCCN1CC(C(=O)O)C(CCC)C1=O. The lowest BCUT2D eigenvalue weighted by molar-refractivity contribution is -0.144. The second-order valence-electron chi connectivity index (χ2n) is 4.83. The van der Waals surface area contributed by atoms with Crippen molar-refractivity contribution in [2.24, 2.45) is 11.8 Å². The van der Waals surface area contributed by atoms with E-state index in [1.807, 2.05) is 6.92 Å². The van der Waals surface area contributed by atoms with Crippen molar-refractivity contribution in [2.45, 2.75) is 46.0 Å². The van der Waals surface area contributed by atoms with E-state index in [1.54, 1.807) is 4.90 Å². The number of aliphatic carboxylic acids is 1. The lowest BCUT2D eigenvalue weighted by atomic mass is 9.91. The Morgan fingerprint density at radius 3 is 2.59 bits per heavy atom. The molecule has 1 N–H and O–H groups in total. The number of nitrogens with zero attached hydrogens (tertiary/aromatic N) is 1. The second kappa shape index (κ2) is 6.62. The van der Waals surface area contributed by atoms with Gasteiger partial charge in [0.2, 0.25) is 5.91 Å². The Morgan fingerprint density at radius 1 is 1.35 bits per heavy atom. The molecule has 1 saturated heterocycles. The number of amides is 1. The fraction of sp³-hybridized carbons (Fsp3) is 0.846. The average Bonchev–Trinajstić information content (AvgIpc) is 2.59. The number of carbonyl (C=O) groups excluding carboxylic acids is 1. The Kier molecular flexibility index (Phi) is 5.45. The summed E-state index contributed by atoms with van der Waals surface area (Å²) in [5.41, 5.74) is 0. The quantitative estimate of drug-likeness (QED) is 0.695. The highest BCUT2D eigenvalue weighted by Crippen LogP contribution is 2.29. The summed E-state index contributed by atoms with van der Waals surface area (Å²) in [6, 6.07) is 0. The number of carboxylic acid groups (broad SMARTS) is 1. The number of likely N-dealkylation sites (tertiary alicyclic amines) is 1. The number of unbranched alkanes of at least 4 members (excludes halogenated alkanes) is 2. The highest BCUT2D eigenvalue weighted by atomic mass is 16.4. The first-order valence-corrected chi connectivity index (χ1v) is 6.63. The van der Waals surface area contributed by atoms with Gasteiger partial charge in [0.05, 0.1) is 11.8 Å². The van der Waals surface area contributed by atoms with Crippen molar-refractivity contribution in [3.8, 4) is 0 Å². The minimum absolute atomic E-state index is 0.0513. The van der Waals surface area contributed by atoms with Crippen LogP contribution in [0.15, 0.2) is 0 Å². The molecule has 0 aromatic heterocycles. The molecule has 1 rings (SSSR count). The zero-order chi connectivity index (χ0) is 12.8. The Morgan fingerprint density at radius 2 is 2.06 bits per heavy atom. The van der Waals surface area contributed by atoms with E-state index in [0.29, 0.717) is 13.0 Å². The van der Waals surface area contributed by atoms with Gasteiger partial charge in [-0.15, -0.1) is 0 Å². The predicted molar refractivity (Wildman–Crippen MR) is 65.6 cm³/mol. The summed E-state index contributed by atoms with van der Waals surface area (Å²) in [6.07, 6.45) is 4.75. The maximum absolute atomic E-state index is 12.1. The van der Waals surface area contributed by atoms with Crippen LogP contribution in [0.3, 0.4) is 0 Å². The van der Waals surface area contributed by atoms with Crippen molar-refractivity contribution >= 4 is 11.9 Å². The molecule has 0 saturated carbocycles. The van der Waals surface area contributed by atoms with Gasteiger partial charge < -0.3 is 10.0 Å². The van der Waals surface area contributed by atoms with E-state index in [2.05, 4.69) is 6.92 Å². The minimum atomic E-state index is -0.824. The van der Waals surface area contributed by atoms with Gasteiger partial charge in [0.15, 0.2) is 0 Å². The summed E-state index contributed by atoms with van der Waals surface area (Å²) in [5.74, 6) is -1.56. The van der Waals surface area contributed by atoms with Crippen molar-refractivity contribution in [2.75, 3.05) is 13.1 Å². The van der Waals surface area contributed by atoms with Crippen LogP contribution in [0.2, 0.25) is 0 Å². The topological polar surface area (TPSA) is 57.6 Å². The van der Waals surface area contributed by atoms with E-state index < -0.39 is 11.9 Å². The van der Waals surface area contributed by atoms with E-state index in [4.69, 9.17) is 5.11 Å². The zero-order valence-corrected chi connectivity index (χ0v) is 10.8. The molecule has 98 valence electrons. The first-order valence-electron chi connectivity index (χ1n) is 6.63. The van der Waals surface area contributed by atoms with Crippen LogP contribution in [0.25, 0.3) is 0 Å². The molecule has 1 heterocycles. The van der Waals surface area contributed by atoms with Gasteiger partial charge in [-0.05, 0) is 12.8 Å². The van der Waals surface area contributed by atoms with Crippen molar-refractivity contribution < 1.29 is 14.7 Å². The maximum atomic E-state index is 12.1. The van der Waals surface area contributed by atoms with Crippen molar-refractivity contribution in [3.63, 3.8) is 0 Å². The van der Waals surface area contributed by atoms with Crippen LogP contribution in [0, 0.1) is 11.8 Å². The fourth-order valence-corrected chi connectivity index (χ4v) is 2.50. The van der Waals surface area contributed by atoms with E-state index in [9.17, 15) is 9.59 Å². The average molecular weight is 241 g/mol. The Balaban J connectivity index is 2.59. The van der Waals surface area contributed by atoms with Crippen molar-refractivity contribution in [1.82, 2.24) is 4.90 Å². The number of rotatable bonds is 7. The van der Waals surface area contributed by atoms with Crippen LogP contribution in [0.1, 0.15) is 46.0 Å². The molecule has 0 aliphatic carbocycles. The van der Waals surface area contributed by atoms with Crippen LogP contribution in [-0.4, -0.2) is 35.0 Å². The maximum Gasteiger partial charge on any atom is 0.309 e. The van der Waals surface area contributed by atoms with Gasteiger partial charge in [-0.2, -0.15) is 0 Å². The molecule has 4 heteroatoms. The molecule has 0 aromatic carbocycles. The number of carboxylic acids is 1.